The SMILES string of the molecule is CN(C)c1ccc(-c2cc3cc4cc(/C=C/C5=C(C#N)C(=C(C#N)C#N)OC5(c5ccccc5)C(F)(F)F)sc4cc3s2)cc1. The zero-order valence-corrected chi connectivity index (χ0v) is 25.4. The predicted octanol–water partition coefficient (Wildman–Crippen LogP) is 9.47. The van der Waals surface area contributed by atoms with Crippen LogP contribution < -0.4 is 4.90 Å². The number of fused-ring (bicyclic) bond motifs is 2. The van der Waals surface area contributed by atoms with Crippen molar-refractivity contribution < 1.29 is 17.9 Å². The van der Waals surface area contributed by atoms with E-state index in [2.05, 4.69) is 42.5 Å². The molecule has 220 valence electrons. The van der Waals surface area contributed by atoms with Crippen LogP contribution in [0.3, 0.4) is 0 Å². The van der Waals surface area contributed by atoms with E-state index in [4.69, 9.17) is 4.74 Å². The van der Waals surface area contributed by atoms with Gasteiger partial charge in [0.25, 0.3) is 5.60 Å². The molecule has 0 aliphatic carbocycles. The zero-order chi connectivity index (χ0) is 31.9. The first-order valence-corrected chi connectivity index (χ1v) is 15.2. The molecule has 0 saturated heterocycles. The van der Waals surface area contributed by atoms with Crippen molar-refractivity contribution in [3.63, 3.8) is 0 Å². The van der Waals surface area contributed by atoms with Crippen molar-refractivity contribution in [2.24, 2.45) is 0 Å². The Kier molecular flexibility index (Phi) is 7.46. The fourth-order valence-electron chi connectivity index (χ4n) is 5.34. The summed E-state index contributed by atoms with van der Waals surface area (Å²) in [6.07, 6.45) is -2.32. The normalized spacial score (nSPS) is 16.5. The summed E-state index contributed by atoms with van der Waals surface area (Å²) in [5, 5.41) is 30.9. The topological polar surface area (TPSA) is 83.8 Å². The minimum atomic E-state index is -5.04. The van der Waals surface area contributed by atoms with Gasteiger partial charge in [0.2, 0.25) is 0 Å². The first-order chi connectivity index (χ1) is 21.6. The Morgan fingerprint density at radius 3 is 2.13 bits per heavy atom. The largest absolute Gasteiger partial charge is 0.465 e. The molecule has 0 amide bonds. The third-order valence-electron chi connectivity index (χ3n) is 7.53. The fraction of sp³-hybridized carbons (Fsp3) is 0.114. The number of ether oxygens (including phenoxy) is 1. The highest BCUT2D eigenvalue weighted by Gasteiger charge is 2.65. The third-order valence-corrected chi connectivity index (χ3v) is 9.74. The number of thiophene rings is 2. The second kappa shape index (κ2) is 11.3. The number of nitriles is 3. The number of alkyl halides is 3. The minimum Gasteiger partial charge on any atom is -0.465 e. The van der Waals surface area contributed by atoms with Gasteiger partial charge < -0.3 is 9.64 Å². The van der Waals surface area contributed by atoms with Crippen molar-refractivity contribution in [3.05, 3.63) is 118 Å². The lowest BCUT2D eigenvalue weighted by Crippen LogP contribution is -2.43. The summed E-state index contributed by atoms with van der Waals surface area (Å²) >= 11 is 3.07. The van der Waals surface area contributed by atoms with Crippen LogP contribution >= 0.6 is 22.7 Å². The quantitative estimate of drug-likeness (QED) is 0.180. The van der Waals surface area contributed by atoms with Crippen LogP contribution in [0.2, 0.25) is 0 Å². The van der Waals surface area contributed by atoms with Crippen LogP contribution in [0.1, 0.15) is 10.4 Å². The highest BCUT2D eigenvalue weighted by Crippen LogP contribution is 2.56. The first kappa shape index (κ1) is 29.7. The standard InChI is InChI=1S/C35H21F3N4OS2/c1-42(2)26-10-8-21(9-11-26)30-16-23-14-22-15-27(44-31(22)17-32(23)45-30)12-13-29-28(20-41)33(24(18-39)19-40)43-34(29,35(36,37)38)25-6-4-3-5-7-25/h3-17H,1-2H3/b13-12+. The van der Waals surface area contributed by atoms with Gasteiger partial charge in [0, 0.05) is 50.1 Å². The number of hydrogen-bond acceptors (Lipinski definition) is 7. The van der Waals surface area contributed by atoms with E-state index in [0.29, 0.717) is 4.88 Å². The third kappa shape index (κ3) is 5.03. The van der Waals surface area contributed by atoms with E-state index in [1.807, 2.05) is 25.1 Å². The molecule has 3 heterocycles. The Bertz CT molecular complexity index is 2120. The molecule has 5 nitrogen and oxygen atoms in total. The molecule has 0 radical (unpaired) electrons. The van der Waals surface area contributed by atoms with Crippen LogP contribution in [0.15, 0.2) is 107 Å². The van der Waals surface area contributed by atoms with Crippen LogP contribution in [0.25, 0.3) is 36.7 Å². The van der Waals surface area contributed by atoms with Gasteiger partial charge in [-0.05, 0) is 58.8 Å². The van der Waals surface area contributed by atoms with Gasteiger partial charge in [-0.3, -0.25) is 0 Å². The van der Waals surface area contributed by atoms with Crippen molar-refractivity contribution in [2.75, 3.05) is 19.0 Å². The number of hydrogen-bond donors (Lipinski definition) is 0. The fourth-order valence-corrected chi connectivity index (χ4v) is 7.50. The van der Waals surface area contributed by atoms with Gasteiger partial charge in [0.1, 0.15) is 23.8 Å². The lowest BCUT2D eigenvalue weighted by atomic mass is 9.84. The van der Waals surface area contributed by atoms with Crippen LogP contribution in [0.5, 0.6) is 0 Å². The van der Waals surface area contributed by atoms with Crippen molar-refractivity contribution in [3.8, 4) is 28.6 Å². The predicted molar refractivity (Wildman–Crippen MR) is 172 cm³/mol. The molecule has 1 atom stereocenters. The summed E-state index contributed by atoms with van der Waals surface area (Å²) in [4.78, 5) is 3.84. The molecule has 0 N–H and O–H groups in total. The molecule has 0 fully saturated rings. The molecule has 1 aliphatic heterocycles. The average molecular weight is 635 g/mol. The lowest BCUT2D eigenvalue weighted by Gasteiger charge is -2.33. The van der Waals surface area contributed by atoms with E-state index < -0.39 is 34.3 Å². The Labute approximate surface area is 264 Å². The van der Waals surface area contributed by atoms with E-state index in [1.54, 1.807) is 35.6 Å². The van der Waals surface area contributed by atoms with Crippen LogP contribution in [0.4, 0.5) is 18.9 Å². The molecule has 1 unspecified atom stereocenters. The average Bonchev–Trinajstić information content (AvgIpc) is 3.72. The molecule has 2 aromatic heterocycles. The van der Waals surface area contributed by atoms with Gasteiger partial charge in [0.05, 0.1) is 0 Å². The Morgan fingerprint density at radius 1 is 0.844 bits per heavy atom. The van der Waals surface area contributed by atoms with Crippen molar-refractivity contribution in [1.82, 2.24) is 0 Å². The highest BCUT2D eigenvalue weighted by molar-refractivity contribution is 7.23. The zero-order valence-electron chi connectivity index (χ0n) is 23.8. The van der Waals surface area contributed by atoms with Gasteiger partial charge in [-0.25, -0.2) is 0 Å². The van der Waals surface area contributed by atoms with Crippen molar-refractivity contribution >= 4 is 54.6 Å². The second-order valence-electron chi connectivity index (χ2n) is 10.4. The molecule has 1 aliphatic rings. The lowest BCUT2D eigenvalue weighted by molar-refractivity contribution is -0.249. The molecule has 0 saturated carbocycles. The molecule has 3 aromatic carbocycles. The van der Waals surface area contributed by atoms with Gasteiger partial charge in [-0.1, -0.05) is 48.5 Å². The Morgan fingerprint density at radius 2 is 1.51 bits per heavy atom. The van der Waals surface area contributed by atoms with Gasteiger partial charge in [-0.2, -0.15) is 29.0 Å². The molecule has 0 bridgehead atoms. The molecule has 0 spiro atoms. The molecular formula is C35H21F3N4OS2. The molecule has 6 rings (SSSR count). The van der Waals surface area contributed by atoms with E-state index in [9.17, 15) is 15.8 Å². The number of rotatable bonds is 5. The maximum Gasteiger partial charge on any atom is 0.437 e. The molecule has 10 heteroatoms. The maximum absolute atomic E-state index is 15.0. The van der Waals surface area contributed by atoms with Gasteiger partial charge in [-0.15, -0.1) is 22.7 Å². The van der Waals surface area contributed by atoms with Gasteiger partial charge in [0.15, 0.2) is 11.3 Å². The first-order valence-electron chi connectivity index (χ1n) is 13.5. The highest BCUT2D eigenvalue weighted by atomic mass is 32.1. The van der Waals surface area contributed by atoms with Crippen LogP contribution in [-0.4, -0.2) is 20.3 Å². The Hall–Kier alpha value is -5.34. The van der Waals surface area contributed by atoms with E-state index >= 15 is 13.2 Å². The number of anilines is 1. The molecule has 5 aromatic rings. The van der Waals surface area contributed by atoms with E-state index in [-0.39, 0.29) is 5.56 Å². The summed E-state index contributed by atoms with van der Waals surface area (Å²) in [6, 6.07) is 28.3. The molecular weight excluding hydrogens is 614 g/mol. The number of allylic oxidation sites excluding steroid dienone is 2. The minimum absolute atomic E-state index is 0.279. The molecule has 45 heavy (non-hydrogen) atoms. The van der Waals surface area contributed by atoms with E-state index in [1.165, 1.54) is 47.8 Å². The second-order valence-corrected chi connectivity index (χ2v) is 12.6. The van der Waals surface area contributed by atoms with Gasteiger partial charge >= 0.3 is 6.18 Å². The smallest absolute Gasteiger partial charge is 0.437 e. The van der Waals surface area contributed by atoms with E-state index in [0.717, 1.165) is 36.3 Å². The summed E-state index contributed by atoms with van der Waals surface area (Å²) in [5.41, 5.74) is -2.87. The number of nitrogens with zero attached hydrogens (tertiary/aromatic N) is 4. The van der Waals surface area contributed by atoms with Crippen molar-refractivity contribution in [2.45, 2.75) is 11.8 Å². The summed E-state index contributed by atoms with van der Waals surface area (Å²) in [5.74, 6) is -0.688. The summed E-state index contributed by atoms with van der Waals surface area (Å²) in [7, 11) is 3.99. The maximum atomic E-state index is 15.0. The van der Waals surface area contributed by atoms with Crippen LogP contribution in [0, 0.1) is 34.0 Å². The number of benzene rings is 3. The summed E-state index contributed by atoms with van der Waals surface area (Å²) < 4.78 is 52.7. The number of halogens is 3. The Balaban J connectivity index is 1.44. The monoisotopic (exact) mass is 634 g/mol. The van der Waals surface area contributed by atoms with Crippen molar-refractivity contribution in [1.29, 1.82) is 15.8 Å². The summed E-state index contributed by atoms with van der Waals surface area (Å²) in [6.45, 7) is 0. The van der Waals surface area contributed by atoms with Crippen LogP contribution in [-0.2, 0) is 10.3 Å².